The minimum Gasteiger partial charge on any atom is -0.349 e. The van der Waals surface area contributed by atoms with Crippen molar-refractivity contribution < 1.29 is 13.2 Å². The van der Waals surface area contributed by atoms with E-state index in [1.165, 1.54) is 12.1 Å². The Kier molecular flexibility index (Phi) is 5.50. The lowest BCUT2D eigenvalue weighted by Crippen LogP contribution is -2.29. The molecule has 1 N–H and O–H groups in total. The molecule has 5 nitrogen and oxygen atoms in total. The van der Waals surface area contributed by atoms with Crippen molar-refractivity contribution in [2.45, 2.75) is 30.7 Å². The summed E-state index contributed by atoms with van der Waals surface area (Å²) < 4.78 is 22.8. The van der Waals surface area contributed by atoms with Crippen LogP contribution in [-0.2, 0) is 21.1 Å². The summed E-state index contributed by atoms with van der Waals surface area (Å²) in [5, 5.41) is 2.99. The zero-order valence-corrected chi connectivity index (χ0v) is 14.0. The van der Waals surface area contributed by atoms with Crippen LogP contribution in [0.3, 0.4) is 0 Å². The fraction of sp³-hybridized carbons (Fsp3) is 0.294. The maximum atomic E-state index is 12.2. The van der Waals surface area contributed by atoms with Gasteiger partial charge in [0.2, 0.25) is 5.91 Å². The number of nitrogens with one attached hydrogen (secondary N) is 1. The van der Waals surface area contributed by atoms with E-state index in [2.05, 4.69) is 10.3 Å². The fourth-order valence-electron chi connectivity index (χ4n) is 2.30. The second-order valence-corrected chi connectivity index (χ2v) is 7.42. The van der Waals surface area contributed by atoms with Crippen LogP contribution in [0.25, 0.3) is 0 Å². The van der Waals surface area contributed by atoms with Crippen LogP contribution in [-0.4, -0.2) is 25.6 Å². The van der Waals surface area contributed by atoms with Gasteiger partial charge in [-0.25, -0.2) is 8.42 Å². The summed E-state index contributed by atoms with van der Waals surface area (Å²) in [5.74, 6) is -0.0965. The number of rotatable bonds is 6. The van der Waals surface area contributed by atoms with Gasteiger partial charge in [0.1, 0.15) is 0 Å². The largest absolute Gasteiger partial charge is 0.349 e. The third-order valence-corrected chi connectivity index (χ3v) is 4.70. The molecule has 1 amide bonds. The average molecular weight is 332 g/mol. The molecule has 122 valence electrons. The number of benzene rings is 1. The van der Waals surface area contributed by atoms with E-state index >= 15 is 0 Å². The van der Waals surface area contributed by atoms with Gasteiger partial charge in [-0.1, -0.05) is 19.1 Å². The summed E-state index contributed by atoms with van der Waals surface area (Å²) in [7, 11) is -3.21. The number of pyridine rings is 1. The predicted octanol–water partition coefficient (Wildman–Crippen LogP) is 2.30. The van der Waals surface area contributed by atoms with E-state index in [0.29, 0.717) is 0 Å². The standard InChI is InChI=1S/C17H20N2O3S/c1-3-16(14-8-10-18-11-9-14)19-17(20)12-13-4-6-15(7-5-13)23(2,21)22/h4-11,16H,3,12H2,1-2H3,(H,19,20)/t16-/m1/s1. The first-order valence-corrected chi connectivity index (χ1v) is 9.27. The molecule has 23 heavy (non-hydrogen) atoms. The quantitative estimate of drug-likeness (QED) is 0.880. The number of hydrogen-bond donors (Lipinski definition) is 1. The van der Waals surface area contributed by atoms with Gasteiger partial charge in [-0.05, 0) is 41.8 Å². The van der Waals surface area contributed by atoms with Crippen LogP contribution in [0, 0.1) is 0 Å². The molecule has 1 atom stereocenters. The molecule has 6 heteroatoms. The van der Waals surface area contributed by atoms with Crippen LogP contribution in [0.5, 0.6) is 0 Å². The molecular weight excluding hydrogens is 312 g/mol. The Hall–Kier alpha value is -2.21. The number of amides is 1. The van der Waals surface area contributed by atoms with Crippen LogP contribution in [0.4, 0.5) is 0 Å². The number of hydrogen-bond acceptors (Lipinski definition) is 4. The molecule has 0 fully saturated rings. The first-order chi connectivity index (χ1) is 10.9. The number of sulfone groups is 1. The smallest absolute Gasteiger partial charge is 0.224 e. The summed E-state index contributed by atoms with van der Waals surface area (Å²) >= 11 is 0. The van der Waals surface area contributed by atoms with Crippen LogP contribution in [0.2, 0.25) is 0 Å². The van der Waals surface area contributed by atoms with Crippen molar-refractivity contribution in [2.75, 3.05) is 6.26 Å². The van der Waals surface area contributed by atoms with E-state index in [1.54, 1.807) is 24.5 Å². The third-order valence-electron chi connectivity index (χ3n) is 3.57. The van der Waals surface area contributed by atoms with Gasteiger partial charge in [-0.2, -0.15) is 0 Å². The minimum absolute atomic E-state index is 0.0548. The maximum Gasteiger partial charge on any atom is 0.224 e. The summed E-state index contributed by atoms with van der Waals surface area (Å²) in [6.45, 7) is 2.01. The summed E-state index contributed by atoms with van der Waals surface area (Å²) in [6, 6.07) is 10.1. The van der Waals surface area contributed by atoms with Gasteiger partial charge >= 0.3 is 0 Å². The average Bonchev–Trinajstić information content (AvgIpc) is 2.53. The molecule has 1 aromatic carbocycles. The Morgan fingerprint density at radius 1 is 1.13 bits per heavy atom. The second kappa shape index (κ2) is 7.37. The van der Waals surface area contributed by atoms with E-state index in [0.717, 1.165) is 23.8 Å². The molecule has 0 bridgehead atoms. The molecular formula is C17H20N2O3S. The topological polar surface area (TPSA) is 76.1 Å². The highest BCUT2D eigenvalue weighted by Gasteiger charge is 2.13. The van der Waals surface area contributed by atoms with Crippen molar-refractivity contribution in [2.24, 2.45) is 0 Å². The molecule has 0 aliphatic carbocycles. The van der Waals surface area contributed by atoms with Crippen molar-refractivity contribution in [3.8, 4) is 0 Å². The van der Waals surface area contributed by atoms with Crippen LogP contribution in [0.1, 0.15) is 30.5 Å². The van der Waals surface area contributed by atoms with E-state index in [-0.39, 0.29) is 23.3 Å². The first kappa shape index (κ1) is 17.1. The first-order valence-electron chi connectivity index (χ1n) is 7.38. The molecule has 1 heterocycles. The van der Waals surface area contributed by atoms with Crippen molar-refractivity contribution in [1.82, 2.24) is 10.3 Å². The lowest BCUT2D eigenvalue weighted by atomic mass is 10.1. The number of nitrogens with zero attached hydrogens (tertiary/aromatic N) is 1. The number of carbonyl (C=O) groups is 1. The summed E-state index contributed by atoms with van der Waals surface area (Å²) in [4.78, 5) is 16.4. The molecule has 0 aliphatic rings. The number of aromatic nitrogens is 1. The molecule has 1 aromatic heterocycles. The zero-order chi connectivity index (χ0) is 16.9. The Labute approximate surface area is 136 Å². The minimum atomic E-state index is -3.21. The fourth-order valence-corrected chi connectivity index (χ4v) is 2.93. The molecule has 0 spiro atoms. The zero-order valence-electron chi connectivity index (χ0n) is 13.2. The molecule has 2 rings (SSSR count). The molecule has 0 radical (unpaired) electrons. The highest BCUT2D eigenvalue weighted by molar-refractivity contribution is 7.90. The number of carbonyl (C=O) groups excluding carboxylic acids is 1. The summed E-state index contributed by atoms with van der Waals surface area (Å²) in [6.07, 6.45) is 5.56. The lowest BCUT2D eigenvalue weighted by Gasteiger charge is -2.17. The highest BCUT2D eigenvalue weighted by atomic mass is 32.2. The predicted molar refractivity (Wildman–Crippen MR) is 88.7 cm³/mol. The van der Waals surface area contributed by atoms with Gasteiger partial charge in [0, 0.05) is 18.6 Å². The van der Waals surface area contributed by atoms with Gasteiger partial charge in [-0.15, -0.1) is 0 Å². The summed E-state index contributed by atoms with van der Waals surface area (Å²) in [5.41, 5.74) is 1.79. The van der Waals surface area contributed by atoms with E-state index in [4.69, 9.17) is 0 Å². The van der Waals surface area contributed by atoms with Gasteiger partial charge in [0.15, 0.2) is 9.84 Å². The monoisotopic (exact) mass is 332 g/mol. The van der Waals surface area contributed by atoms with E-state index in [9.17, 15) is 13.2 Å². The normalized spacial score (nSPS) is 12.6. The molecule has 0 aliphatic heterocycles. The molecule has 0 unspecified atom stereocenters. The van der Waals surface area contributed by atoms with Gasteiger partial charge in [-0.3, -0.25) is 9.78 Å². The Morgan fingerprint density at radius 3 is 2.26 bits per heavy atom. The van der Waals surface area contributed by atoms with Crippen LogP contribution in [0.15, 0.2) is 53.7 Å². The van der Waals surface area contributed by atoms with Crippen molar-refractivity contribution >= 4 is 15.7 Å². The molecule has 0 saturated carbocycles. The third kappa shape index (κ3) is 4.89. The Morgan fingerprint density at radius 2 is 1.74 bits per heavy atom. The van der Waals surface area contributed by atoms with Crippen molar-refractivity contribution in [1.29, 1.82) is 0 Å². The van der Waals surface area contributed by atoms with Crippen molar-refractivity contribution in [3.05, 3.63) is 59.9 Å². The Balaban J connectivity index is 2.01. The van der Waals surface area contributed by atoms with Crippen LogP contribution < -0.4 is 5.32 Å². The van der Waals surface area contributed by atoms with Crippen LogP contribution >= 0.6 is 0 Å². The van der Waals surface area contributed by atoms with Gasteiger partial charge < -0.3 is 5.32 Å². The Bertz CT molecular complexity index is 756. The second-order valence-electron chi connectivity index (χ2n) is 5.40. The lowest BCUT2D eigenvalue weighted by molar-refractivity contribution is -0.121. The van der Waals surface area contributed by atoms with Crippen molar-refractivity contribution in [3.63, 3.8) is 0 Å². The van der Waals surface area contributed by atoms with E-state index in [1.807, 2.05) is 19.1 Å². The van der Waals surface area contributed by atoms with E-state index < -0.39 is 9.84 Å². The van der Waals surface area contributed by atoms with Gasteiger partial charge in [0.25, 0.3) is 0 Å². The SMILES string of the molecule is CC[C@@H](NC(=O)Cc1ccc(S(C)(=O)=O)cc1)c1ccncc1. The molecule has 0 saturated heterocycles. The highest BCUT2D eigenvalue weighted by Crippen LogP contribution is 2.16. The molecule has 2 aromatic rings. The van der Waals surface area contributed by atoms with Gasteiger partial charge in [0.05, 0.1) is 17.4 Å². The maximum absolute atomic E-state index is 12.2.